The molecule has 4 aromatic rings. The van der Waals surface area contributed by atoms with Crippen LogP contribution in [0.25, 0.3) is 11.1 Å². The molecule has 0 radical (unpaired) electrons. The number of anilines is 2. The van der Waals surface area contributed by atoms with Crippen LogP contribution in [0.3, 0.4) is 0 Å². The lowest BCUT2D eigenvalue weighted by molar-refractivity contribution is 0.0651. The molecule has 0 saturated carbocycles. The van der Waals surface area contributed by atoms with Crippen molar-refractivity contribution in [3.05, 3.63) is 88.8 Å². The molecule has 4 N–H and O–H groups in total. The highest BCUT2D eigenvalue weighted by molar-refractivity contribution is 6.01. The minimum atomic E-state index is -0.772. The predicted molar refractivity (Wildman–Crippen MR) is 172 cm³/mol. The average molecular weight is 611 g/mol. The molecule has 1 aliphatic heterocycles. The van der Waals surface area contributed by atoms with Gasteiger partial charge in [0, 0.05) is 80.1 Å². The molecule has 2 aromatic carbocycles. The maximum Gasteiger partial charge on any atom is 0.249 e. The van der Waals surface area contributed by atoms with Crippen molar-refractivity contribution in [1.82, 2.24) is 29.5 Å². The summed E-state index contributed by atoms with van der Waals surface area (Å²) in [6, 6.07) is 8.52. The Labute approximate surface area is 263 Å². The van der Waals surface area contributed by atoms with Crippen LogP contribution in [-0.2, 0) is 13.1 Å². The maximum absolute atomic E-state index is 15.4. The fourth-order valence-electron chi connectivity index (χ4n) is 5.11. The molecular formula is C34H39FN8O2. The van der Waals surface area contributed by atoms with Gasteiger partial charge in [0.05, 0.1) is 23.0 Å². The first-order valence-corrected chi connectivity index (χ1v) is 14.9. The standard InChI is InChI=1S/C34H39FN8O2/c1-23-5-9-29(32(36)44)31(25-7-8-26(30(35)17-25)21-42-15-13-41(4)14-16-42)28(23)10-6-24-18-37-33(38-19-24)40-27-20-39-43(22-27)12-11-34(2,3)45/h5,7-9,17-20,22,45H,11-16,21H2,1-4H3,(H2,36,44)(H,37,38,40). The number of nitrogens with two attached hydrogens (primary N) is 1. The molecule has 2 aromatic heterocycles. The Morgan fingerprint density at radius 3 is 2.49 bits per heavy atom. The molecule has 0 spiro atoms. The van der Waals surface area contributed by atoms with Gasteiger partial charge in [-0.1, -0.05) is 30.0 Å². The quantitative estimate of drug-likeness (QED) is 0.244. The number of amides is 1. The molecular weight excluding hydrogens is 571 g/mol. The summed E-state index contributed by atoms with van der Waals surface area (Å²) in [5.74, 6) is 5.69. The zero-order valence-electron chi connectivity index (χ0n) is 26.1. The van der Waals surface area contributed by atoms with E-state index in [-0.39, 0.29) is 11.4 Å². The number of piperazine rings is 1. The van der Waals surface area contributed by atoms with Crippen LogP contribution in [0.2, 0.25) is 0 Å². The van der Waals surface area contributed by atoms with Gasteiger partial charge in [-0.05, 0) is 57.5 Å². The number of carbonyl (C=O) groups excluding carboxylic acids is 1. The summed E-state index contributed by atoms with van der Waals surface area (Å²) in [7, 11) is 2.09. The first-order chi connectivity index (χ1) is 21.4. The second kappa shape index (κ2) is 13.6. The predicted octanol–water partition coefficient (Wildman–Crippen LogP) is 3.94. The number of carbonyl (C=O) groups is 1. The van der Waals surface area contributed by atoms with E-state index >= 15 is 4.39 Å². The molecule has 234 valence electrons. The van der Waals surface area contributed by atoms with Crippen LogP contribution in [0.5, 0.6) is 0 Å². The number of hydrogen-bond donors (Lipinski definition) is 3. The van der Waals surface area contributed by atoms with Gasteiger partial charge in [-0.25, -0.2) is 14.4 Å². The molecule has 1 saturated heterocycles. The minimum absolute atomic E-state index is 0.273. The van der Waals surface area contributed by atoms with Gasteiger partial charge < -0.3 is 21.1 Å². The molecule has 1 amide bonds. The molecule has 1 fully saturated rings. The summed E-state index contributed by atoms with van der Waals surface area (Å²) in [4.78, 5) is 25.7. The van der Waals surface area contributed by atoms with Crippen LogP contribution in [0.15, 0.2) is 55.1 Å². The number of aryl methyl sites for hydroxylation is 2. The van der Waals surface area contributed by atoms with Crippen molar-refractivity contribution in [2.24, 2.45) is 5.73 Å². The van der Waals surface area contributed by atoms with E-state index in [4.69, 9.17) is 5.73 Å². The Hall–Kier alpha value is -4.63. The van der Waals surface area contributed by atoms with Crippen molar-refractivity contribution >= 4 is 17.5 Å². The Bertz CT molecular complexity index is 1730. The summed E-state index contributed by atoms with van der Waals surface area (Å²) < 4.78 is 17.2. The Morgan fingerprint density at radius 2 is 1.82 bits per heavy atom. The number of likely N-dealkylation sites (N-methyl/N-ethyl adjacent to an activating group) is 1. The summed E-state index contributed by atoms with van der Waals surface area (Å²) >= 11 is 0. The van der Waals surface area contributed by atoms with E-state index in [0.29, 0.717) is 53.3 Å². The number of nitrogens with one attached hydrogen (secondary N) is 1. The largest absolute Gasteiger partial charge is 0.390 e. The zero-order chi connectivity index (χ0) is 32.1. The lowest BCUT2D eigenvalue weighted by Gasteiger charge is -2.32. The second-order valence-electron chi connectivity index (χ2n) is 12.2. The van der Waals surface area contributed by atoms with Crippen molar-refractivity contribution in [1.29, 1.82) is 0 Å². The summed E-state index contributed by atoms with van der Waals surface area (Å²) in [5, 5.41) is 17.4. The van der Waals surface area contributed by atoms with E-state index in [2.05, 4.69) is 49.1 Å². The molecule has 0 aliphatic carbocycles. The van der Waals surface area contributed by atoms with Crippen LogP contribution < -0.4 is 11.1 Å². The van der Waals surface area contributed by atoms with Gasteiger partial charge in [0.15, 0.2) is 0 Å². The van der Waals surface area contributed by atoms with E-state index in [9.17, 15) is 9.90 Å². The summed E-state index contributed by atoms with van der Waals surface area (Å²) in [6.07, 6.45) is 7.25. The number of aromatic nitrogens is 4. The molecule has 3 heterocycles. The maximum atomic E-state index is 15.4. The van der Waals surface area contributed by atoms with E-state index in [1.165, 1.54) is 6.07 Å². The van der Waals surface area contributed by atoms with Crippen LogP contribution in [-0.4, -0.2) is 79.4 Å². The van der Waals surface area contributed by atoms with Crippen LogP contribution in [0, 0.1) is 24.6 Å². The van der Waals surface area contributed by atoms with Crippen LogP contribution >= 0.6 is 0 Å². The topological polar surface area (TPSA) is 125 Å². The van der Waals surface area contributed by atoms with E-state index < -0.39 is 11.5 Å². The lowest BCUT2D eigenvalue weighted by Crippen LogP contribution is -2.44. The van der Waals surface area contributed by atoms with Crippen molar-refractivity contribution in [3.8, 4) is 23.0 Å². The molecule has 11 heteroatoms. The van der Waals surface area contributed by atoms with Crippen molar-refractivity contribution in [2.45, 2.75) is 45.9 Å². The Morgan fingerprint density at radius 1 is 1.09 bits per heavy atom. The number of nitrogens with zero attached hydrogens (tertiary/aromatic N) is 6. The van der Waals surface area contributed by atoms with Gasteiger partial charge in [-0.15, -0.1) is 0 Å². The molecule has 45 heavy (non-hydrogen) atoms. The number of primary amides is 1. The third-order valence-electron chi connectivity index (χ3n) is 7.84. The van der Waals surface area contributed by atoms with E-state index in [1.807, 2.05) is 19.2 Å². The van der Waals surface area contributed by atoms with Crippen molar-refractivity contribution in [3.63, 3.8) is 0 Å². The smallest absolute Gasteiger partial charge is 0.249 e. The first-order valence-electron chi connectivity index (χ1n) is 14.9. The van der Waals surface area contributed by atoms with E-state index in [0.717, 1.165) is 37.4 Å². The number of halogens is 1. The molecule has 5 rings (SSSR count). The Balaban J connectivity index is 1.36. The third-order valence-corrected chi connectivity index (χ3v) is 7.84. The van der Waals surface area contributed by atoms with Gasteiger partial charge in [0.25, 0.3) is 0 Å². The molecule has 1 aliphatic rings. The highest BCUT2D eigenvalue weighted by Crippen LogP contribution is 2.31. The summed E-state index contributed by atoms with van der Waals surface area (Å²) in [5.41, 5.74) is 9.59. The van der Waals surface area contributed by atoms with Gasteiger partial charge >= 0.3 is 0 Å². The SMILES string of the molecule is Cc1ccc(C(N)=O)c(-c2ccc(CN3CCN(C)CC3)c(F)c2)c1C#Cc1cnc(Nc2cnn(CCC(C)(C)O)c2)nc1. The summed E-state index contributed by atoms with van der Waals surface area (Å²) in [6.45, 7) is 10.2. The monoisotopic (exact) mass is 610 g/mol. The molecule has 0 unspecified atom stereocenters. The number of hydrogen-bond acceptors (Lipinski definition) is 8. The number of rotatable bonds is 9. The van der Waals surface area contributed by atoms with Crippen molar-refractivity contribution < 1.29 is 14.3 Å². The fourth-order valence-corrected chi connectivity index (χ4v) is 5.11. The van der Waals surface area contributed by atoms with Crippen molar-refractivity contribution in [2.75, 3.05) is 38.5 Å². The number of benzene rings is 2. The van der Waals surface area contributed by atoms with Gasteiger partial charge in [0.1, 0.15) is 5.82 Å². The number of aliphatic hydroxyl groups is 1. The van der Waals surface area contributed by atoms with Crippen LogP contribution in [0.1, 0.15) is 52.9 Å². The lowest BCUT2D eigenvalue weighted by atomic mass is 9.90. The van der Waals surface area contributed by atoms with Gasteiger partial charge in [0.2, 0.25) is 11.9 Å². The van der Waals surface area contributed by atoms with Gasteiger partial charge in [-0.3, -0.25) is 14.4 Å². The third kappa shape index (κ3) is 8.30. The average Bonchev–Trinajstić information content (AvgIpc) is 3.45. The molecule has 10 nitrogen and oxygen atoms in total. The molecule has 0 bridgehead atoms. The highest BCUT2D eigenvalue weighted by atomic mass is 19.1. The minimum Gasteiger partial charge on any atom is -0.390 e. The zero-order valence-corrected chi connectivity index (χ0v) is 26.1. The van der Waals surface area contributed by atoms with Gasteiger partial charge in [-0.2, -0.15) is 5.10 Å². The highest BCUT2D eigenvalue weighted by Gasteiger charge is 2.20. The normalized spacial score (nSPS) is 14.2. The molecule has 0 atom stereocenters. The fraction of sp³-hybridized carbons (Fsp3) is 0.353. The van der Waals surface area contributed by atoms with E-state index in [1.54, 1.807) is 55.3 Å². The van der Waals surface area contributed by atoms with Crippen LogP contribution in [0.4, 0.5) is 16.0 Å². The Kier molecular flexibility index (Phi) is 9.58. The first kappa shape index (κ1) is 31.8. The second-order valence-corrected chi connectivity index (χ2v) is 12.2.